The SMILES string of the molecule is CS(=O)(=O)c1ccc(CC(=O)N2CCCN2C(=O)c2ccc(Cl)nc2)cc1. The maximum absolute atomic E-state index is 12.7. The summed E-state index contributed by atoms with van der Waals surface area (Å²) in [4.78, 5) is 29.4. The van der Waals surface area contributed by atoms with E-state index >= 15 is 0 Å². The van der Waals surface area contributed by atoms with Crippen molar-refractivity contribution in [3.8, 4) is 0 Å². The van der Waals surface area contributed by atoms with Gasteiger partial charge in [0, 0.05) is 25.5 Å². The Hall–Kier alpha value is -2.45. The summed E-state index contributed by atoms with van der Waals surface area (Å²) < 4.78 is 23.0. The van der Waals surface area contributed by atoms with Crippen LogP contribution in [0.1, 0.15) is 22.3 Å². The van der Waals surface area contributed by atoms with E-state index in [2.05, 4.69) is 4.98 Å². The van der Waals surface area contributed by atoms with E-state index in [1.807, 2.05) is 0 Å². The molecule has 0 bridgehead atoms. The van der Waals surface area contributed by atoms with Crippen LogP contribution in [0, 0.1) is 0 Å². The summed E-state index contributed by atoms with van der Waals surface area (Å²) in [6.45, 7) is 0.896. The number of hydrogen-bond acceptors (Lipinski definition) is 5. The first-order valence-corrected chi connectivity index (χ1v) is 10.6. The molecule has 27 heavy (non-hydrogen) atoms. The smallest absolute Gasteiger partial charge is 0.273 e. The first-order valence-electron chi connectivity index (χ1n) is 8.28. The minimum absolute atomic E-state index is 0.0761. The minimum atomic E-state index is -3.28. The van der Waals surface area contributed by atoms with Crippen molar-refractivity contribution in [1.29, 1.82) is 0 Å². The van der Waals surface area contributed by atoms with Crippen LogP contribution in [0.3, 0.4) is 0 Å². The maximum Gasteiger partial charge on any atom is 0.274 e. The van der Waals surface area contributed by atoms with Crippen LogP contribution in [0.2, 0.25) is 5.15 Å². The molecular weight excluding hydrogens is 390 g/mol. The van der Waals surface area contributed by atoms with Gasteiger partial charge in [-0.05, 0) is 36.2 Å². The molecule has 0 N–H and O–H groups in total. The molecule has 9 heteroatoms. The minimum Gasteiger partial charge on any atom is -0.273 e. The van der Waals surface area contributed by atoms with Crippen molar-refractivity contribution in [3.05, 3.63) is 58.9 Å². The number of carbonyl (C=O) groups excluding carboxylic acids is 2. The number of benzene rings is 1. The van der Waals surface area contributed by atoms with Gasteiger partial charge >= 0.3 is 0 Å². The molecule has 1 aromatic carbocycles. The highest BCUT2D eigenvalue weighted by Gasteiger charge is 2.31. The molecule has 7 nitrogen and oxygen atoms in total. The molecule has 2 heterocycles. The molecule has 0 aliphatic carbocycles. The summed E-state index contributed by atoms with van der Waals surface area (Å²) in [6.07, 6.45) is 3.28. The summed E-state index contributed by atoms with van der Waals surface area (Å²) in [5.74, 6) is -0.535. The van der Waals surface area contributed by atoms with Gasteiger partial charge in [-0.2, -0.15) is 0 Å². The van der Waals surface area contributed by atoms with Crippen LogP contribution in [-0.2, 0) is 21.1 Å². The normalized spacial score (nSPS) is 14.4. The molecule has 1 fully saturated rings. The number of rotatable bonds is 4. The van der Waals surface area contributed by atoms with E-state index in [1.165, 1.54) is 34.4 Å². The number of halogens is 1. The van der Waals surface area contributed by atoms with Gasteiger partial charge in [-0.1, -0.05) is 23.7 Å². The Morgan fingerprint density at radius 3 is 2.33 bits per heavy atom. The third-order valence-electron chi connectivity index (χ3n) is 4.23. The molecule has 0 radical (unpaired) electrons. The quantitative estimate of drug-likeness (QED) is 0.723. The van der Waals surface area contributed by atoms with Crippen LogP contribution < -0.4 is 0 Å². The Kier molecular flexibility index (Phi) is 5.48. The first kappa shape index (κ1) is 19.3. The molecule has 1 aromatic heterocycles. The summed E-state index contributed by atoms with van der Waals surface area (Å²) in [6, 6.07) is 9.27. The fourth-order valence-electron chi connectivity index (χ4n) is 2.85. The number of hydrazine groups is 1. The van der Waals surface area contributed by atoms with Crippen LogP contribution in [0.4, 0.5) is 0 Å². The van der Waals surface area contributed by atoms with Crippen molar-refractivity contribution >= 4 is 33.3 Å². The van der Waals surface area contributed by atoms with Gasteiger partial charge in [-0.15, -0.1) is 0 Å². The molecule has 3 rings (SSSR count). The zero-order valence-corrected chi connectivity index (χ0v) is 16.2. The van der Waals surface area contributed by atoms with Gasteiger partial charge in [0.15, 0.2) is 9.84 Å². The third kappa shape index (κ3) is 4.45. The van der Waals surface area contributed by atoms with Crippen molar-refractivity contribution in [3.63, 3.8) is 0 Å². The van der Waals surface area contributed by atoms with E-state index in [1.54, 1.807) is 18.2 Å². The van der Waals surface area contributed by atoms with Gasteiger partial charge < -0.3 is 0 Å². The molecule has 0 saturated carbocycles. The highest BCUT2D eigenvalue weighted by molar-refractivity contribution is 7.90. The van der Waals surface area contributed by atoms with E-state index in [4.69, 9.17) is 11.6 Å². The lowest BCUT2D eigenvalue weighted by Crippen LogP contribution is -2.45. The second-order valence-corrected chi connectivity index (χ2v) is 8.66. The molecule has 1 aliphatic rings. The topological polar surface area (TPSA) is 87.7 Å². The summed E-state index contributed by atoms with van der Waals surface area (Å²) in [7, 11) is -3.28. The van der Waals surface area contributed by atoms with Crippen molar-refractivity contribution in [1.82, 2.24) is 15.0 Å². The number of hydrogen-bond donors (Lipinski definition) is 0. The number of nitrogens with zero attached hydrogens (tertiary/aromatic N) is 3. The average molecular weight is 408 g/mol. The predicted octanol–water partition coefficient (Wildman–Crippen LogP) is 1.97. The number of pyridine rings is 1. The van der Waals surface area contributed by atoms with Crippen molar-refractivity contribution in [2.24, 2.45) is 0 Å². The lowest BCUT2D eigenvalue weighted by atomic mass is 10.1. The zero-order chi connectivity index (χ0) is 19.6. The van der Waals surface area contributed by atoms with E-state index in [9.17, 15) is 18.0 Å². The van der Waals surface area contributed by atoms with Gasteiger partial charge in [0.25, 0.3) is 5.91 Å². The predicted molar refractivity (Wildman–Crippen MR) is 99.9 cm³/mol. The van der Waals surface area contributed by atoms with Gasteiger partial charge in [0.2, 0.25) is 5.91 Å². The van der Waals surface area contributed by atoms with E-state index < -0.39 is 9.84 Å². The highest BCUT2D eigenvalue weighted by atomic mass is 35.5. The molecule has 1 aliphatic heterocycles. The first-order chi connectivity index (χ1) is 12.8. The largest absolute Gasteiger partial charge is 0.274 e. The Morgan fingerprint density at radius 1 is 1.07 bits per heavy atom. The fraction of sp³-hybridized carbons (Fsp3) is 0.278. The Morgan fingerprint density at radius 2 is 1.74 bits per heavy atom. The second kappa shape index (κ2) is 7.66. The maximum atomic E-state index is 12.7. The lowest BCUT2D eigenvalue weighted by molar-refractivity contribution is -0.139. The highest BCUT2D eigenvalue weighted by Crippen LogP contribution is 2.18. The average Bonchev–Trinajstić information content (AvgIpc) is 3.11. The number of aromatic nitrogens is 1. The monoisotopic (exact) mass is 407 g/mol. The van der Waals surface area contributed by atoms with E-state index in [0.717, 1.165) is 6.26 Å². The van der Waals surface area contributed by atoms with Gasteiger partial charge in [0.1, 0.15) is 5.15 Å². The van der Waals surface area contributed by atoms with E-state index in [-0.39, 0.29) is 23.1 Å². The van der Waals surface area contributed by atoms with Crippen LogP contribution in [-0.4, -0.2) is 54.6 Å². The van der Waals surface area contributed by atoms with Crippen molar-refractivity contribution in [2.45, 2.75) is 17.7 Å². The van der Waals surface area contributed by atoms with Crippen LogP contribution in [0.15, 0.2) is 47.5 Å². The standard InChI is InChI=1S/C18H18ClN3O4S/c1-27(25,26)15-6-3-13(4-7-15)11-17(23)21-9-2-10-22(21)18(24)14-5-8-16(19)20-12-14/h3-8,12H,2,9-11H2,1H3. The van der Waals surface area contributed by atoms with Gasteiger partial charge in [-0.25, -0.2) is 18.4 Å². The Labute approximate surface area is 162 Å². The fourth-order valence-corrected chi connectivity index (χ4v) is 3.60. The number of carbonyl (C=O) groups is 2. The van der Waals surface area contributed by atoms with Crippen molar-refractivity contribution in [2.75, 3.05) is 19.3 Å². The van der Waals surface area contributed by atoms with Crippen LogP contribution in [0.5, 0.6) is 0 Å². The summed E-state index contributed by atoms with van der Waals surface area (Å²) in [5.41, 5.74) is 1.04. The number of sulfone groups is 1. The van der Waals surface area contributed by atoms with Crippen LogP contribution >= 0.6 is 11.6 Å². The Balaban J connectivity index is 1.72. The van der Waals surface area contributed by atoms with E-state index in [0.29, 0.717) is 35.8 Å². The molecule has 2 amide bonds. The Bertz CT molecular complexity index is 959. The molecule has 0 unspecified atom stereocenters. The zero-order valence-electron chi connectivity index (χ0n) is 14.6. The molecule has 2 aromatic rings. The number of amides is 2. The van der Waals surface area contributed by atoms with Crippen molar-refractivity contribution < 1.29 is 18.0 Å². The lowest BCUT2D eigenvalue weighted by Gasteiger charge is -2.28. The molecule has 0 spiro atoms. The molecule has 1 saturated heterocycles. The summed E-state index contributed by atoms with van der Waals surface area (Å²) in [5, 5.41) is 3.14. The molecular formula is C18H18ClN3O4S. The van der Waals surface area contributed by atoms with Crippen LogP contribution in [0.25, 0.3) is 0 Å². The second-order valence-electron chi connectivity index (χ2n) is 6.26. The molecule has 142 valence electrons. The third-order valence-corrected chi connectivity index (χ3v) is 5.59. The summed E-state index contributed by atoms with van der Waals surface area (Å²) >= 11 is 5.75. The van der Waals surface area contributed by atoms with Gasteiger partial charge in [0.05, 0.1) is 16.9 Å². The molecule has 0 atom stereocenters. The van der Waals surface area contributed by atoms with Gasteiger partial charge in [-0.3, -0.25) is 14.6 Å².